The molecule has 0 radical (unpaired) electrons. The minimum absolute atomic E-state index is 0.145. The Balaban J connectivity index is 2.19. The third-order valence-corrected chi connectivity index (χ3v) is 4.69. The molecule has 0 saturated heterocycles. The number of thiazole rings is 1. The van der Waals surface area contributed by atoms with Gasteiger partial charge in [0, 0.05) is 22.5 Å². The number of aryl methyl sites for hydroxylation is 1. The van der Waals surface area contributed by atoms with Crippen LogP contribution >= 0.6 is 11.3 Å². The van der Waals surface area contributed by atoms with Crippen LogP contribution in [0.25, 0.3) is 0 Å². The predicted octanol–water partition coefficient (Wildman–Crippen LogP) is 3.88. The van der Waals surface area contributed by atoms with Gasteiger partial charge in [-0.2, -0.15) is 0 Å². The van der Waals surface area contributed by atoms with Gasteiger partial charge in [-0.3, -0.25) is 0 Å². The van der Waals surface area contributed by atoms with Crippen molar-refractivity contribution in [1.29, 1.82) is 0 Å². The summed E-state index contributed by atoms with van der Waals surface area (Å²) in [6.45, 7) is 6.33. The second kappa shape index (κ2) is 6.91. The highest BCUT2D eigenvalue weighted by Gasteiger charge is 2.18. The lowest BCUT2D eigenvalue weighted by Gasteiger charge is -2.22. The molecule has 1 aromatic carbocycles. The maximum absolute atomic E-state index is 5.46. The van der Waals surface area contributed by atoms with Crippen molar-refractivity contribution in [2.75, 3.05) is 14.2 Å². The molecule has 5 heteroatoms. The normalized spacial score (nSPS) is 13.8. The fourth-order valence-electron chi connectivity index (χ4n) is 2.44. The van der Waals surface area contributed by atoms with E-state index >= 15 is 0 Å². The van der Waals surface area contributed by atoms with E-state index in [1.165, 1.54) is 4.88 Å². The number of nitrogens with one attached hydrogen (secondary N) is 1. The monoisotopic (exact) mass is 306 g/mol. The van der Waals surface area contributed by atoms with Crippen molar-refractivity contribution in [2.24, 2.45) is 0 Å². The topological polar surface area (TPSA) is 43.4 Å². The molecule has 21 heavy (non-hydrogen) atoms. The molecule has 2 rings (SSSR count). The average Bonchev–Trinajstić information content (AvgIpc) is 2.92. The molecule has 0 bridgehead atoms. The van der Waals surface area contributed by atoms with Gasteiger partial charge in [-0.05, 0) is 39.0 Å². The Labute approximate surface area is 130 Å². The van der Waals surface area contributed by atoms with Crippen molar-refractivity contribution in [1.82, 2.24) is 10.3 Å². The summed E-state index contributed by atoms with van der Waals surface area (Å²) in [6.07, 6.45) is 0. The van der Waals surface area contributed by atoms with Crippen LogP contribution in [0.5, 0.6) is 11.5 Å². The number of rotatable bonds is 6. The van der Waals surface area contributed by atoms with E-state index < -0.39 is 0 Å². The molecule has 0 amide bonds. The fraction of sp³-hybridized carbons (Fsp3) is 0.438. The maximum Gasteiger partial charge on any atom is 0.123 e. The molecule has 2 atom stereocenters. The molecule has 2 aromatic rings. The number of hydrogen-bond donors (Lipinski definition) is 1. The lowest BCUT2D eigenvalue weighted by molar-refractivity contribution is 0.388. The first-order chi connectivity index (χ1) is 10.1. The standard InChI is InChI=1S/C16H22N2O2S/c1-10(18-12(3)16-11(2)17-9-21-16)14-8-13(19-4)6-7-15(14)20-5/h6-10,12,18H,1-5H3. The second-order valence-corrected chi connectivity index (χ2v) is 5.91. The molecule has 4 nitrogen and oxygen atoms in total. The third-order valence-electron chi connectivity index (χ3n) is 3.58. The van der Waals surface area contributed by atoms with E-state index in [2.05, 4.69) is 24.1 Å². The molecule has 0 saturated carbocycles. The van der Waals surface area contributed by atoms with Gasteiger partial charge >= 0.3 is 0 Å². The molecule has 1 heterocycles. The van der Waals surface area contributed by atoms with E-state index in [1.807, 2.05) is 30.6 Å². The van der Waals surface area contributed by atoms with E-state index in [4.69, 9.17) is 9.47 Å². The van der Waals surface area contributed by atoms with Crippen LogP contribution in [0.15, 0.2) is 23.7 Å². The fourth-order valence-corrected chi connectivity index (χ4v) is 3.26. The van der Waals surface area contributed by atoms with Gasteiger partial charge in [0.25, 0.3) is 0 Å². The van der Waals surface area contributed by atoms with E-state index in [9.17, 15) is 0 Å². The molecule has 114 valence electrons. The Morgan fingerprint density at radius 1 is 1.14 bits per heavy atom. The number of ether oxygens (including phenoxy) is 2. The maximum atomic E-state index is 5.46. The highest BCUT2D eigenvalue weighted by molar-refractivity contribution is 7.09. The van der Waals surface area contributed by atoms with Crippen LogP contribution in [0.1, 0.15) is 42.1 Å². The SMILES string of the molecule is COc1ccc(OC)c(C(C)NC(C)c2scnc2C)c1. The van der Waals surface area contributed by atoms with E-state index in [-0.39, 0.29) is 12.1 Å². The average molecular weight is 306 g/mol. The largest absolute Gasteiger partial charge is 0.497 e. The summed E-state index contributed by atoms with van der Waals surface area (Å²) >= 11 is 1.68. The van der Waals surface area contributed by atoms with Gasteiger partial charge in [0.2, 0.25) is 0 Å². The summed E-state index contributed by atoms with van der Waals surface area (Å²) in [5.41, 5.74) is 4.07. The van der Waals surface area contributed by atoms with Crippen LogP contribution in [-0.2, 0) is 0 Å². The predicted molar refractivity (Wildman–Crippen MR) is 86.4 cm³/mol. The van der Waals surface area contributed by atoms with E-state index in [0.29, 0.717) is 0 Å². The van der Waals surface area contributed by atoms with Crippen LogP contribution in [0.4, 0.5) is 0 Å². The van der Waals surface area contributed by atoms with Gasteiger partial charge in [0.15, 0.2) is 0 Å². The first-order valence-electron chi connectivity index (χ1n) is 6.94. The highest BCUT2D eigenvalue weighted by Crippen LogP contribution is 2.31. The zero-order valence-electron chi connectivity index (χ0n) is 13.1. The van der Waals surface area contributed by atoms with Crippen molar-refractivity contribution >= 4 is 11.3 Å². The molecule has 1 aromatic heterocycles. The Bertz CT molecular complexity index is 598. The Morgan fingerprint density at radius 3 is 2.48 bits per heavy atom. The summed E-state index contributed by atoms with van der Waals surface area (Å²) in [6, 6.07) is 6.25. The number of aromatic nitrogens is 1. The first kappa shape index (κ1) is 15.8. The molecule has 2 unspecified atom stereocenters. The van der Waals surface area contributed by atoms with Crippen LogP contribution < -0.4 is 14.8 Å². The summed E-state index contributed by atoms with van der Waals surface area (Å²) in [4.78, 5) is 5.58. The number of methoxy groups -OCH3 is 2. The minimum atomic E-state index is 0.145. The van der Waals surface area contributed by atoms with E-state index in [1.54, 1.807) is 25.6 Å². The Kier molecular flexibility index (Phi) is 5.20. The minimum Gasteiger partial charge on any atom is -0.497 e. The van der Waals surface area contributed by atoms with Crippen molar-refractivity contribution in [3.63, 3.8) is 0 Å². The van der Waals surface area contributed by atoms with Crippen molar-refractivity contribution < 1.29 is 9.47 Å². The van der Waals surface area contributed by atoms with Crippen molar-refractivity contribution in [2.45, 2.75) is 32.9 Å². The lowest BCUT2D eigenvalue weighted by Crippen LogP contribution is -2.22. The third kappa shape index (κ3) is 3.54. The smallest absolute Gasteiger partial charge is 0.123 e. The van der Waals surface area contributed by atoms with Crippen molar-refractivity contribution in [3.8, 4) is 11.5 Å². The molecule has 1 N–H and O–H groups in total. The lowest BCUT2D eigenvalue weighted by atomic mass is 10.1. The molecular formula is C16H22N2O2S. The Hall–Kier alpha value is -1.59. The number of benzene rings is 1. The zero-order valence-corrected chi connectivity index (χ0v) is 14.0. The Morgan fingerprint density at radius 2 is 1.90 bits per heavy atom. The molecule has 0 fully saturated rings. The van der Waals surface area contributed by atoms with Crippen molar-refractivity contribution in [3.05, 3.63) is 39.8 Å². The second-order valence-electron chi connectivity index (χ2n) is 5.02. The van der Waals surface area contributed by atoms with Gasteiger partial charge < -0.3 is 14.8 Å². The van der Waals surface area contributed by atoms with Crippen LogP contribution in [0.2, 0.25) is 0 Å². The quantitative estimate of drug-likeness (QED) is 0.879. The zero-order chi connectivity index (χ0) is 15.4. The van der Waals surface area contributed by atoms with Gasteiger partial charge in [-0.1, -0.05) is 0 Å². The van der Waals surface area contributed by atoms with Gasteiger partial charge in [-0.25, -0.2) is 4.98 Å². The summed E-state index contributed by atoms with van der Waals surface area (Å²) in [5.74, 6) is 1.70. The highest BCUT2D eigenvalue weighted by atomic mass is 32.1. The van der Waals surface area contributed by atoms with Gasteiger partial charge in [-0.15, -0.1) is 11.3 Å². The van der Waals surface area contributed by atoms with Gasteiger partial charge in [0.05, 0.1) is 25.4 Å². The molecule has 0 aliphatic carbocycles. The molecule has 0 aliphatic heterocycles. The number of hydrogen-bond acceptors (Lipinski definition) is 5. The molecular weight excluding hydrogens is 284 g/mol. The first-order valence-corrected chi connectivity index (χ1v) is 7.82. The summed E-state index contributed by atoms with van der Waals surface area (Å²) < 4.78 is 10.8. The summed E-state index contributed by atoms with van der Waals surface area (Å²) in [7, 11) is 3.36. The summed E-state index contributed by atoms with van der Waals surface area (Å²) in [5, 5.41) is 3.60. The van der Waals surface area contributed by atoms with Gasteiger partial charge in [0.1, 0.15) is 11.5 Å². The number of nitrogens with zero attached hydrogens (tertiary/aromatic N) is 1. The molecule has 0 spiro atoms. The van der Waals surface area contributed by atoms with E-state index in [0.717, 1.165) is 22.8 Å². The van der Waals surface area contributed by atoms with Crippen LogP contribution in [0.3, 0.4) is 0 Å². The van der Waals surface area contributed by atoms with Crippen LogP contribution in [0, 0.1) is 6.92 Å². The van der Waals surface area contributed by atoms with Crippen LogP contribution in [-0.4, -0.2) is 19.2 Å². The molecule has 0 aliphatic rings.